The van der Waals surface area contributed by atoms with Gasteiger partial charge in [0, 0.05) is 43.7 Å². The Balaban J connectivity index is 1.37. The second-order valence-corrected chi connectivity index (χ2v) is 10.3. The first kappa shape index (κ1) is 19.4. The van der Waals surface area contributed by atoms with E-state index in [-0.39, 0.29) is 41.3 Å². The first-order valence-corrected chi connectivity index (χ1v) is 11.8. The summed E-state index contributed by atoms with van der Waals surface area (Å²) >= 11 is 0. The number of rotatable bonds is 2. The molecule has 3 fully saturated rings. The van der Waals surface area contributed by atoms with Gasteiger partial charge in [0.1, 0.15) is 0 Å². The summed E-state index contributed by atoms with van der Waals surface area (Å²) in [5, 5.41) is 3.24. The number of piperazine rings is 1. The van der Waals surface area contributed by atoms with Crippen LogP contribution in [0.2, 0.25) is 0 Å². The molecule has 0 aromatic heterocycles. The number of amides is 2. The Labute approximate surface area is 166 Å². The molecule has 4 rings (SSSR count). The number of fused-ring (bicyclic) bond motifs is 1. The van der Waals surface area contributed by atoms with Gasteiger partial charge in [-0.05, 0) is 31.9 Å². The van der Waals surface area contributed by atoms with Crippen molar-refractivity contribution >= 4 is 21.7 Å². The summed E-state index contributed by atoms with van der Waals surface area (Å²) in [6, 6.07) is 7.15. The van der Waals surface area contributed by atoms with Crippen LogP contribution in [-0.4, -0.2) is 79.8 Å². The summed E-state index contributed by atoms with van der Waals surface area (Å²) in [5.74, 6) is 0.0988. The van der Waals surface area contributed by atoms with Crippen LogP contribution in [0, 0.1) is 12.8 Å². The van der Waals surface area contributed by atoms with Gasteiger partial charge < -0.3 is 15.1 Å². The minimum atomic E-state index is -3.09. The van der Waals surface area contributed by atoms with Gasteiger partial charge in [-0.2, -0.15) is 0 Å². The maximum absolute atomic E-state index is 13.1. The zero-order chi connectivity index (χ0) is 19.9. The van der Waals surface area contributed by atoms with E-state index in [9.17, 15) is 18.0 Å². The number of carbonyl (C=O) groups excluding carboxylic acids is 2. The summed E-state index contributed by atoms with van der Waals surface area (Å²) in [4.78, 5) is 29.4. The van der Waals surface area contributed by atoms with E-state index in [0.717, 1.165) is 5.56 Å². The SMILES string of the molecule is Cc1ccc(C(=O)N2CCC(C(=O)N3CCN[C@H]4CS(=O)(=O)C[C@H]43)CC2)cc1. The minimum Gasteiger partial charge on any atom is -0.339 e. The Morgan fingerprint density at radius 3 is 2.39 bits per heavy atom. The van der Waals surface area contributed by atoms with Crippen molar-refractivity contribution in [1.82, 2.24) is 15.1 Å². The Hall–Kier alpha value is -1.93. The second kappa shape index (κ2) is 7.48. The van der Waals surface area contributed by atoms with E-state index in [4.69, 9.17) is 0 Å². The van der Waals surface area contributed by atoms with Crippen LogP contribution in [0.15, 0.2) is 24.3 Å². The third-order valence-electron chi connectivity index (χ3n) is 6.20. The number of nitrogens with one attached hydrogen (secondary N) is 1. The Morgan fingerprint density at radius 2 is 1.71 bits per heavy atom. The highest BCUT2D eigenvalue weighted by molar-refractivity contribution is 7.91. The van der Waals surface area contributed by atoms with Crippen molar-refractivity contribution in [3.63, 3.8) is 0 Å². The number of nitrogens with zero attached hydrogens (tertiary/aromatic N) is 2. The molecule has 3 aliphatic rings. The van der Waals surface area contributed by atoms with Crippen LogP contribution in [0.5, 0.6) is 0 Å². The number of carbonyl (C=O) groups is 2. The molecule has 2 atom stereocenters. The van der Waals surface area contributed by atoms with Crippen LogP contribution in [0.4, 0.5) is 0 Å². The van der Waals surface area contributed by atoms with Crippen molar-refractivity contribution in [2.45, 2.75) is 31.8 Å². The molecule has 8 heteroatoms. The second-order valence-electron chi connectivity index (χ2n) is 8.17. The molecule has 0 radical (unpaired) electrons. The summed E-state index contributed by atoms with van der Waals surface area (Å²) in [7, 11) is -3.09. The lowest BCUT2D eigenvalue weighted by molar-refractivity contribution is -0.140. The molecule has 28 heavy (non-hydrogen) atoms. The number of sulfone groups is 1. The van der Waals surface area contributed by atoms with Crippen molar-refractivity contribution in [3.05, 3.63) is 35.4 Å². The van der Waals surface area contributed by atoms with Crippen molar-refractivity contribution in [2.75, 3.05) is 37.7 Å². The predicted molar refractivity (Wildman–Crippen MR) is 106 cm³/mol. The van der Waals surface area contributed by atoms with Gasteiger partial charge in [-0.25, -0.2) is 8.42 Å². The summed E-state index contributed by atoms with van der Waals surface area (Å²) in [6.07, 6.45) is 1.26. The van der Waals surface area contributed by atoms with Crippen LogP contribution < -0.4 is 5.32 Å². The van der Waals surface area contributed by atoms with E-state index in [1.54, 1.807) is 4.90 Å². The van der Waals surface area contributed by atoms with Crippen LogP contribution in [0.1, 0.15) is 28.8 Å². The van der Waals surface area contributed by atoms with Crippen molar-refractivity contribution in [3.8, 4) is 0 Å². The molecule has 0 spiro atoms. The highest BCUT2D eigenvalue weighted by Crippen LogP contribution is 2.27. The lowest BCUT2D eigenvalue weighted by Gasteiger charge is -2.41. The molecule has 0 bridgehead atoms. The van der Waals surface area contributed by atoms with Crippen molar-refractivity contribution < 1.29 is 18.0 Å². The number of aryl methyl sites for hydroxylation is 1. The molecule has 1 aromatic rings. The van der Waals surface area contributed by atoms with Gasteiger partial charge in [0.05, 0.1) is 17.5 Å². The van der Waals surface area contributed by atoms with Gasteiger partial charge in [-0.1, -0.05) is 17.7 Å². The average molecular weight is 406 g/mol. The molecular weight excluding hydrogens is 378 g/mol. The van der Waals surface area contributed by atoms with Crippen molar-refractivity contribution in [1.29, 1.82) is 0 Å². The molecular formula is C20H27N3O4S. The molecule has 1 N–H and O–H groups in total. The Kier molecular flexibility index (Phi) is 5.18. The number of hydrogen-bond acceptors (Lipinski definition) is 5. The first-order chi connectivity index (χ1) is 13.3. The normalized spacial score (nSPS) is 27.5. The molecule has 1 aromatic carbocycles. The Bertz CT molecular complexity index is 860. The standard InChI is InChI=1S/C20H27N3O4S/c1-14-2-4-15(5-3-14)19(24)22-9-6-16(7-10-22)20(25)23-11-8-21-17-12-28(26,27)13-18(17)23/h2-5,16-18,21H,6-13H2,1H3/t17-,18+/m0/s1. The molecule has 3 aliphatic heterocycles. The van der Waals surface area contributed by atoms with E-state index in [2.05, 4.69) is 5.32 Å². The smallest absolute Gasteiger partial charge is 0.253 e. The maximum atomic E-state index is 13.1. The lowest BCUT2D eigenvalue weighted by atomic mass is 9.93. The zero-order valence-electron chi connectivity index (χ0n) is 16.1. The summed E-state index contributed by atoms with van der Waals surface area (Å²) in [5.41, 5.74) is 1.79. The third-order valence-corrected chi connectivity index (χ3v) is 7.91. The summed E-state index contributed by atoms with van der Waals surface area (Å²) < 4.78 is 24.0. The molecule has 152 valence electrons. The quantitative estimate of drug-likeness (QED) is 0.772. The van der Waals surface area contributed by atoms with E-state index in [1.807, 2.05) is 36.1 Å². The van der Waals surface area contributed by atoms with Gasteiger partial charge in [-0.15, -0.1) is 0 Å². The predicted octanol–water partition coefficient (Wildman–Crippen LogP) is 0.445. The molecule has 0 unspecified atom stereocenters. The maximum Gasteiger partial charge on any atom is 0.253 e. The van der Waals surface area contributed by atoms with Crippen LogP contribution in [0.3, 0.4) is 0 Å². The Morgan fingerprint density at radius 1 is 1.04 bits per heavy atom. The molecule has 0 aliphatic carbocycles. The van der Waals surface area contributed by atoms with Gasteiger partial charge in [0.15, 0.2) is 9.84 Å². The highest BCUT2D eigenvalue weighted by Gasteiger charge is 2.45. The number of benzene rings is 1. The fourth-order valence-electron chi connectivity index (χ4n) is 4.58. The fraction of sp³-hybridized carbons (Fsp3) is 0.600. The van der Waals surface area contributed by atoms with E-state index >= 15 is 0 Å². The molecule has 0 saturated carbocycles. The highest BCUT2D eigenvalue weighted by atomic mass is 32.2. The van der Waals surface area contributed by atoms with Crippen LogP contribution >= 0.6 is 0 Å². The lowest BCUT2D eigenvalue weighted by Crippen LogP contribution is -2.60. The van der Waals surface area contributed by atoms with Gasteiger partial charge >= 0.3 is 0 Å². The first-order valence-electron chi connectivity index (χ1n) is 9.94. The monoisotopic (exact) mass is 405 g/mol. The van der Waals surface area contributed by atoms with E-state index in [0.29, 0.717) is 44.6 Å². The number of piperidine rings is 1. The fourth-order valence-corrected chi connectivity index (χ4v) is 6.54. The average Bonchev–Trinajstić information content (AvgIpc) is 3.01. The third kappa shape index (κ3) is 3.80. The van der Waals surface area contributed by atoms with Crippen LogP contribution in [0.25, 0.3) is 0 Å². The number of likely N-dealkylation sites (tertiary alicyclic amines) is 1. The molecule has 3 heterocycles. The van der Waals surface area contributed by atoms with Crippen molar-refractivity contribution in [2.24, 2.45) is 5.92 Å². The van der Waals surface area contributed by atoms with Gasteiger partial charge in [-0.3, -0.25) is 9.59 Å². The zero-order valence-corrected chi connectivity index (χ0v) is 17.0. The molecule has 2 amide bonds. The van der Waals surface area contributed by atoms with Crippen LogP contribution in [-0.2, 0) is 14.6 Å². The number of hydrogen-bond donors (Lipinski definition) is 1. The molecule has 7 nitrogen and oxygen atoms in total. The van der Waals surface area contributed by atoms with E-state index < -0.39 is 9.84 Å². The molecule has 3 saturated heterocycles. The largest absolute Gasteiger partial charge is 0.339 e. The topological polar surface area (TPSA) is 86.8 Å². The summed E-state index contributed by atoms with van der Waals surface area (Å²) in [6.45, 7) is 4.29. The van der Waals surface area contributed by atoms with E-state index in [1.165, 1.54) is 0 Å². The van der Waals surface area contributed by atoms with Gasteiger partial charge in [0.2, 0.25) is 5.91 Å². The van der Waals surface area contributed by atoms with Gasteiger partial charge in [0.25, 0.3) is 5.91 Å². The minimum absolute atomic E-state index is 0.00928.